The molecule has 0 aromatic heterocycles. The molecule has 150 valence electrons. The molecule has 8 heteroatoms. The molecule has 2 aromatic carbocycles. The lowest BCUT2D eigenvalue weighted by molar-refractivity contribution is -0.121. The van der Waals surface area contributed by atoms with Crippen molar-refractivity contribution < 1.29 is 27.8 Å². The molecule has 0 saturated heterocycles. The van der Waals surface area contributed by atoms with Crippen LogP contribution in [0.3, 0.4) is 0 Å². The highest BCUT2D eigenvalue weighted by molar-refractivity contribution is 5.94. The number of ether oxygens (including phenoxy) is 2. The van der Waals surface area contributed by atoms with Crippen molar-refractivity contribution >= 4 is 11.8 Å². The summed E-state index contributed by atoms with van der Waals surface area (Å²) >= 11 is 0. The van der Waals surface area contributed by atoms with Gasteiger partial charge in [-0.2, -0.15) is 0 Å². The summed E-state index contributed by atoms with van der Waals surface area (Å²) in [4.78, 5) is 23.7. The largest absolute Gasteiger partial charge is 0.491 e. The second-order valence-corrected chi connectivity index (χ2v) is 5.89. The van der Waals surface area contributed by atoms with Crippen molar-refractivity contribution in [1.29, 1.82) is 0 Å². The first-order valence-electron chi connectivity index (χ1n) is 8.70. The number of amides is 2. The third-order valence-electron chi connectivity index (χ3n) is 3.78. The van der Waals surface area contributed by atoms with Crippen LogP contribution in [-0.4, -0.2) is 38.7 Å². The predicted octanol–water partition coefficient (Wildman–Crippen LogP) is 2.43. The molecular weight excluding hydrogens is 370 g/mol. The van der Waals surface area contributed by atoms with E-state index >= 15 is 0 Å². The van der Waals surface area contributed by atoms with Gasteiger partial charge in [0.1, 0.15) is 24.0 Å². The zero-order valence-corrected chi connectivity index (χ0v) is 15.5. The minimum absolute atomic E-state index is 0.0345. The van der Waals surface area contributed by atoms with Crippen LogP contribution in [0.5, 0.6) is 5.75 Å². The topological polar surface area (TPSA) is 76.7 Å². The Hall–Kier alpha value is -3.00. The lowest BCUT2D eigenvalue weighted by atomic mass is 10.2. The van der Waals surface area contributed by atoms with E-state index in [1.165, 1.54) is 0 Å². The van der Waals surface area contributed by atoms with Crippen molar-refractivity contribution in [2.45, 2.75) is 13.0 Å². The molecule has 0 spiro atoms. The van der Waals surface area contributed by atoms with Gasteiger partial charge < -0.3 is 20.1 Å². The van der Waals surface area contributed by atoms with E-state index in [-0.39, 0.29) is 24.4 Å². The van der Waals surface area contributed by atoms with Crippen LogP contribution in [0.15, 0.2) is 42.5 Å². The Morgan fingerprint density at radius 2 is 1.75 bits per heavy atom. The highest BCUT2D eigenvalue weighted by Gasteiger charge is 2.12. The molecule has 0 atom stereocenters. The molecule has 0 heterocycles. The first-order valence-corrected chi connectivity index (χ1v) is 8.70. The van der Waals surface area contributed by atoms with Crippen LogP contribution in [0.1, 0.15) is 22.3 Å². The van der Waals surface area contributed by atoms with Crippen LogP contribution >= 0.6 is 0 Å². The summed E-state index contributed by atoms with van der Waals surface area (Å²) < 4.78 is 36.7. The molecule has 28 heavy (non-hydrogen) atoms. The molecule has 2 rings (SSSR count). The molecule has 2 N–H and O–H groups in total. The van der Waals surface area contributed by atoms with Gasteiger partial charge in [-0.15, -0.1) is 0 Å². The number of hydrogen-bond acceptors (Lipinski definition) is 4. The SMILES string of the molecule is COCCOc1ccc(CNC(=O)CCNC(=O)c2ccc(F)cc2F)cc1. The van der Waals surface area contributed by atoms with E-state index in [4.69, 9.17) is 9.47 Å². The van der Waals surface area contributed by atoms with Crippen molar-refractivity contribution in [3.05, 3.63) is 65.2 Å². The third-order valence-corrected chi connectivity index (χ3v) is 3.78. The molecule has 0 radical (unpaired) electrons. The minimum Gasteiger partial charge on any atom is -0.491 e. The van der Waals surface area contributed by atoms with Gasteiger partial charge in [0.2, 0.25) is 5.91 Å². The average molecular weight is 392 g/mol. The van der Waals surface area contributed by atoms with Gasteiger partial charge >= 0.3 is 0 Å². The lowest BCUT2D eigenvalue weighted by Gasteiger charge is -2.09. The van der Waals surface area contributed by atoms with E-state index in [0.29, 0.717) is 31.6 Å². The molecule has 6 nitrogen and oxygen atoms in total. The van der Waals surface area contributed by atoms with Gasteiger partial charge in [-0.1, -0.05) is 12.1 Å². The van der Waals surface area contributed by atoms with Crippen molar-refractivity contribution in [3.63, 3.8) is 0 Å². The zero-order chi connectivity index (χ0) is 20.4. The Morgan fingerprint density at radius 1 is 1.00 bits per heavy atom. The first-order chi connectivity index (χ1) is 13.5. The van der Waals surface area contributed by atoms with Crippen LogP contribution in [0.4, 0.5) is 8.78 Å². The second-order valence-electron chi connectivity index (χ2n) is 5.89. The van der Waals surface area contributed by atoms with Gasteiger partial charge in [-0.3, -0.25) is 9.59 Å². The normalized spacial score (nSPS) is 10.4. The summed E-state index contributed by atoms with van der Waals surface area (Å²) in [5.41, 5.74) is 0.625. The molecule has 0 bridgehead atoms. The van der Waals surface area contributed by atoms with Gasteiger partial charge in [0.15, 0.2) is 0 Å². The smallest absolute Gasteiger partial charge is 0.254 e. The Morgan fingerprint density at radius 3 is 2.43 bits per heavy atom. The summed E-state index contributed by atoms with van der Waals surface area (Å²) in [6, 6.07) is 9.96. The second kappa shape index (κ2) is 11.0. The minimum atomic E-state index is -0.948. The van der Waals surface area contributed by atoms with Crippen molar-refractivity contribution in [2.24, 2.45) is 0 Å². The number of nitrogens with one attached hydrogen (secondary N) is 2. The number of carbonyl (C=O) groups is 2. The maximum Gasteiger partial charge on any atom is 0.254 e. The van der Waals surface area contributed by atoms with Crippen LogP contribution in [0.25, 0.3) is 0 Å². The highest BCUT2D eigenvalue weighted by Crippen LogP contribution is 2.12. The molecule has 0 aliphatic carbocycles. The van der Waals surface area contributed by atoms with E-state index < -0.39 is 17.5 Å². The number of carbonyl (C=O) groups excluding carboxylic acids is 2. The molecule has 2 aromatic rings. The van der Waals surface area contributed by atoms with E-state index in [1.807, 2.05) is 12.1 Å². The van der Waals surface area contributed by atoms with Crippen molar-refractivity contribution in [3.8, 4) is 5.75 Å². The van der Waals surface area contributed by atoms with Crippen LogP contribution in [-0.2, 0) is 16.1 Å². The van der Waals surface area contributed by atoms with Crippen LogP contribution in [0.2, 0.25) is 0 Å². The van der Waals surface area contributed by atoms with E-state index in [1.54, 1.807) is 19.2 Å². The van der Waals surface area contributed by atoms with Gasteiger partial charge in [-0.25, -0.2) is 8.78 Å². The van der Waals surface area contributed by atoms with E-state index in [0.717, 1.165) is 17.7 Å². The molecule has 0 fully saturated rings. The maximum absolute atomic E-state index is 13.5. The number of halogens is 2. The summed E-state index contributed by atoms with van der Waals surface area (Å²) in [7, 11) is 1.60. The molecule has 0 unspecified atom stereocenters. The first kappa shape index (κ1) is 21.3. The number of hydrogen-bond donors (Lipinski definition) is 2. The van der Waals surface area contributed by atoms with Crippen LogP contribution < -0.4 is 15.4 Å². The summed E-state index contributed by atoms with van der Waals surface area (Å²) in [6.45, 7) is 1.33. The Balaban J connectivity index is 1.69. The van der Waals surface area contributed by atoms with Gasteiger partial charge in [0.05, 0.1) is 12.2 Å². The quantitative estimate of drug-likeness (QED) is 0.609. The van der Waals surface area contributed by atoms with Gasteiger partial charge in [0, 0.05) is 32.7 Å². The Bertz CT molecular complexity index is 797. The number of rotatable bonds is 10. The number of benzene rings is 2. The molecule has 2 amide bonds. The zero-order valence-electron chi connectivity index (χ0n) is 15.5. The fourth-order valence-electron chi connectivity index (χ4n) is 2.29. The van der Waals surface area contributed by atoms with Crippen LogP contribution in [0, 0.1) is 11.6 Å². The van der Waals surface area contributed by atoms with E-state index in [9.17, 15) is 18.4 Å². The monoisotopic (exact) mass is 392 g/mol. The maximum atomic E-state index is 13.5. The lowest BCUT2D eigenvalue weighted by Crippen LogP contribution is -2.31. The Labute approximate surface area is 161 Å². The van der Waals surface area contributed by atoms with E-state index in [2.05, 4.69) is 10.6 Å². The summed E-state index contributed by atoms with van der Waals surface area (Å²) in [6.07, 6.45) is 0.0345. The highest BCUT2D eigenvalue weighted by atomic mass is 19.1. The fourth-order valence-corrected chi connectivity index (χ4v) is 2.29. The predicted molar refractivity (Wildman–Crippen MR) is 99.0 cm³/mol. The van der Waals surface area contributed by atoms with Gasteiger partial charge in [0.25, 0.3) is 5.91 Å². The molecular formula is C20H22F2N2O4. The van der Waals surface area contributed by atoms with Crippen molar-refractivity contribution in [1.82, 2.24) is 10.6 Å². The summed E-state index contributed by atoms with van der Waals surface area (Å²) in [5, 5.41) is 5.16. The summed E-state index contributed by atoms with van der Waals surface area (Å²) in [5.74, 6) is -1.96. The average Bonchev–Trinajstić information content (AvgIpc) is 2.67. The Kier molecular flexibility index (Phi) is 8.36. The molecule has 0 saturated carbocycles. The number of methoxy groups -OCH3 is 1. The molecule has 0 aliphatic heterocycles. The molecule has 0 aliphatic rings. The third kappa shape index (κ3) is 6.96. The standard InChI is InChI=1S/C20H22F2N2O4/c1-27-10-11-28-16-5-2-14(3-6-16)13-24-19(25)8-9-23-20(26)17-7-4-15(21)12-18(17)22/h2-7,12H,8-11,13H2,1H3,(H,23,26)(H,24,25). The van der Waals surface area contributed by atoms with Crippen molar-refractivity contribution in [2.75, 3.05) is 26.9 Å². The fraction of sp³-hybridized carbons (Fsp3) is 0.300. The van der Waals surface area contributed by atoms with Gasteiger partial charge in [-0.05, 0) is 29.8 Å².